The van der Waals surface area contributed by atoms with Gasteiger partial charge in [0.25, 0.3) is 0 Å². The van der Waals surface area contributed by atoms with E-state index in [2.05, 4.69) is 29.5 Å². The first kappa shape index (κ1) is 10.6. The van der Waals surface area contributed by atoms with Crippen molar-refractivity contribution in [1.29, 1.82) is 0 Å². The second-order valence-electron chi connectivity index (χ2n) is 2.84. The molecule has 2 aromatic rings. The number of hydrogen-bond donors (Lipinski definition) is 1. The smallest absolute Gasteiger partial charge is 0.160 e. The van der Waals surface area contributed by atoms with Crippen molar-refractivity contribution in [3.63, 3.8) is 0 Å². The Labute approximate surface area is 84.8 Å². The molecule has 0 spiro atoms. The molecule has 0 aliphatic heterocycles. The predicted molar refractivity (Wildman–Crippen MR) is 60.8 cm³/mol. The summed E-state index contributed by atoms with van der Waals surface area (Å²) in [7, 11) is 1.91. The van der Waals surface area contributed by atoms with Gasteiger partial charge in [-0.2, -0.15) is 0 Å². The van der Waals surface area contributed by atoms with Gasteiger partial charge in [0, 0.05) is 25.6 Å². The fraction of sp³-hybridized carbons (Fsp3) is 0.364. The molecule has 14 heavy (non-hydrogen) atoms. The summed E-state index contributed by atoms with van der Waals surface area (Å²) < 4.78 is 2.02. The van der Waals surface area contributed by atoms with E-state index in [1.807, 2.05) is 31.5 Å². The molecule has 0 unspecified atom stereocenters. The first-order valence-electron chi connectivity index (χ1n) is 4.92. The molecule has 0 radical (unpaired) electrons. The van der Waals surface area contributed by atoms with Crippen molar-refractivity contribution >= 4 is 11.3 Å². The number of imidazole rings is 1. The van der Waals surface area contributed by atoms with Crippen molar-refractivity contribution in [2.24, 2.45) is 0 Å². The normalized spacial score (nSPS) is 9.43. The summed E-state index contributed by atoms with van der Waals surface area (Å²) in [6, 6.07) is 2.09. The Hall–Kier alpha value is -1.51. The van der Waals surface area contributed by atoms with Crippen LogP contribution in [0.15, 0.2) is 24.7 Å². The van der Waals surface area contributed by atoms with Crippen LogP contribution in [-0.2, 0) is 0 Å². The van der Waals surface area contributed by atoms with E-state index in [9.17, 15) is 0 Å². The number of nitrogens with zero attached hydrogens (tertiary/aromatic N) is 2. The highest BCUT2D eigenvalue weighted by Crippen LogP contribution is 2.15. The summed E-state index contributed by atoms with van der Waals surface area (Å²) in [4.78, 5) is 4.23. The maximum Gasteiger partial charge on any atom is 0.160 e. The average molecular weight is 191 g/mol. The zero-order valence-electron chi connectivity index (χ0n) is 9.20. The third-order valence-electron chi connectivity index (χ3n) is 1.89. The minimum absolute atomic E-state index is 0.975. The van der Waals surface area contributed by atoms with Gasteiger partial charge in [0.1, 0.15) is 0 Å². The highest BCUT2D eigenvalue weighted by atomic mass is 15.0. The lowest BCUT2D eigenvalue weighted by molar-refractivity contribution is 1.15. The summed E-state index contributed by atoms with van der Waals surface area (Å²) in [5.41, 5.74) is 3.27. The van der Waals surface area contributed by atoms with Gasteiger partial charge in [-0.1, -0.05) is 13.8 Å². The van der Waals surface area contributed by atoms with Crippen LogP contribution in [0.5, 0.6) is 0 Å². The lowest BCUT2D eigenvalue weighted by Crippen LogP contribution is -1.94. The molecule has 0 aliphatic rings. The van der Waals surface area contributed by atoms with Crippen LogP contribution in [0, 0.1) is 6.92 Å². The Morgan fingerprint density at radius 3 is 2.71 bits per heavy atom. The molecule has 2 rings (SSSR count). The molecule has 0 aliphatic carbocycles. The summed E-state index contributed by atoms with van der Waals surface area (Å²) in [6.07, 6.45) is 5.81. The Kier molecular flexibility index (Phi) is 3.51. The maximum absolute atomic E-state index is 4.23. The summed E-state index contributed by atoms with van der Waals surface area (Å²) in [6.45, 7) is 6.07. The molecule has 3 nitrogen and oxygen atoms in total. The van der Waals surface area contributed by atoms with Gasteiger partial charge < -0.3 is 9.72 Å². The second kappa shape index (κ2) is 4.65. The Balaban J connectivity index is 0.000000461. The summed E-state index contributed by atoms with van der Waals surface area (Å²) in [5.74, 6) is 0. The van der Waals surface area contributed by atoms with Crippen molar-refractivity contribution in [3.8, 4) is 0 Å². The van der Waals surface area contributed by atoms with Gasteiger partial charge in [-0.15, -0.1) is 0 Å². The van der Waals surface area contributed by atoms with Crippen LogP contribution in [0.2, 0.25) is 0 Å². The molecule has 3 heteroatoms. The highest BCUT2D eigenvalue weighted by molar-refractivity contribution is 5.67. The van der Waals surface area contributed by atoms with Crippen LogP contribution in [0.25, 0.3) is 5.65 Å². The van der Waals surface area contributed by atoms with Crippen LogP contribution in [0.4, 0.5) is 5.69 Å². The van der Waals surface area contributed by atoms with Crippen LogP contribution in [-0.4, -0.2) is 16.4 Å². The Bertz CT molecular complexity index is 404. The molecule has 0 saturated heterocycles. The SMILES string of the molecule is CC.CNc1cc(C)cn2ccnc12. The highest BCUT2D eigenvalue weighted by Gasteiger charge is 2.00. The molecule has 1 N–H and O–H groups in total. The molecular weight excluding hydrogens is 174 g/mol. The molecule has 0 bridgehead atoms. The number of pyridine rings is 1. The summed E-state index contributed by atoms with van der Waals surface area (Å²) >= 11 is 0. The van der Waals surface area contributed by atoms with Crippen LogP contribution < -0.4 is 5.32 Å². The van der Waals surface area contributed by atoms with E-state index in [-0.39, 0.29) is 0 Å². The van der Waals surface area contributed by atoms with Gasteiger partial charge in [-0.05, 0) is 18.6 Å². The molecule has 76 valence electrons. The first-order valence-corrected chi connectivity index (χ1v) is 4.92. The van der Waals surface area contributed by atoms with Crippen molar-refractivity contribution in [2.75, 3.05) is 12.4 Å². The van der Waals surface area contributed by atoms with Gasteiger partial charge in [0.2, 0.25) is 0 Å². The molecule has 0 amide bonds. The number of aromatic nitrogens is 2. The minimum Gasteiger partial charge on any atom is -0.385 e. The van der Waals surface area contributed by atoms with E-state index in [0.717, 1.165) is 11.3 Å². The molecular formula is C11H17N3. The van der Waals surface area contributed by atoms with E-state index in [1.54, 1.807) is 6.20 Å². The summed E-state index contributed by atoms with van der Waals surface area (Å²) in [5, 5.41) is 3.11. The number of hydrogen-bond acceptors (Lipinski definition) is 2. The standard InChI is InChI=1S/C9H11N3.C2H6/c1-7-5-8(10-2)9-11-3-4-12(9)6-7;1-2/h3-6,10H,1-2H3;1-2H3. The van der Waals surface area contributed by atoms with Crippen molar-refractivity contribution in [1.82, 2.24) is 9.38 Å². The van der Waals surface area contributed by atoms with Crippen LogP contribution >= 0.6 is 0 Å². The molecule has 0 fully saturated rings. The average Bonchev–Trinajstić information content (AvgIpc) is 2.67. The minimum atomic E-state index is 0.975. The van der Waals surface area contributed by atoms with E-state index >= 15 is 0 Å². The van der Waals surface area contributed by atoms with Gasteiger partial charge in [-0.3, -0.25) is 0 Å². The molecule has 0 saturated carbocycles. The van der Waals surface area contributed by atoms with E-state index in [1.165, 1.54) is 5.56 Å². The van der Waals surface area contributed by atoms with E-state index in [0.29, 0.717) is 0 Å². The van der Waals surface area contributed by atoms with Gasteiger partial charge in [0.15, 0.2) is 5.65 Å². The van der Waals surface area contributed by atoms with Crippen molar-refractivity contribution < 1.29 is 0 Å². The van der Waals surface area contributed by atoms with E-state index in [4.69, 9.17) is 0 Å². The fourth-order valence-electron chi connectivity index (χ4n) is 1.36. The molecule has 0 aromatic carbocycles. The number of nitrogens with one attached hydrogen (secondary N) is 1. The number of rotatable bonds is 1. The molecule has 2 aromatic heterocycles. The zero-order valence-corrected chi connectivity index (χ0v) is 9.20. The second-order valence-corrected chi connectivity index (χ2v) is 2.84. The topological polar surface area (TPSA) is 29.3 Å². The maximum atomic E-state index is 4.23. The number of anilines is 1. The quantitative estimate of drug-likeness (QED) is 0.751. The monoisotopic (exact) mass is 191 g/mol. The number of aryl methyl sites for hydroxylation is 1. The van der Waals surface area contributed by atoms with Crippen molar-refractivity contribution in [3.05, 3.63) is 30.2 Å². The first-order chi connectivity index (χ1) is 6.81. The predicted octanol–water partition coefficient (Wildman–Crippen LogP) is 2.71. The van der Waals surface area contributed by atoms with Crippen LogP contribution in [0.3, 0.4) is 0 Å². The molecule has 2 heterocycles. The lowest BCUT2D eigenvalue weighted by Gasteiger charge is -2.03. The van der Waals surface area contributed by atoms with Gasteiger partial charge in [0.05, 0.1) is 5.69 Å². The third-order valence-corrected chi connectivity index (χ3v) is 1.89. The van der Waals surface area contributed by atoms with Crippen molar-refractivity contribution in [2.45, 2.75) is 20.8 Å². The number of fused-ring (bicyclic) bond motifs is 1. The Morgan fingerprint density at radius 1 is 1.36 bits per heavy atom. The largest absolute Gasteiger partial charge is 0.385 e. The lowest BCUT2D eigenvalue weighted by atomic mass is 10.3. The van der Waals surface area contributed by atoms with Gasteiger partial charge >= 0.3 is 0 Å². The molecule has 0 atom stereocenters. The van der Waals surface area contributed by atoms with E-state index < -0.39 is 0 Å². The van der Waals surface area contributed by atoms with Crippen LogP contribution in [0.1, 0.15) is 19.4 Å². The third kappa shape index (κ3) is 1.87. The fourth-order valence-corrected chi connectivity index (χ4v) is 1.36. The van der Waals surface area contributed by atoms with Gasteiger partial charge in [-0.25, -0.2) is 4.98 Å². The zero-order chi connectivity index (χ0) is 10.6. The Morgan fingerprint density at radius 2 is 2.07 bits per heavy atom.